The van der Waals surface area contributed by atoms with E-state index in [9.17, 15) is 4.39 Å². The first-order chi connectivity index (χ1) is 9.17. The van der Waals surface area contributed by atoms with E-state index in [4.69, 9.17) is 10.3 Å². The van der Waals surface area contributed by atoms with Crippen molar-refractivity contribution in [3.63, 3.8) is 0 Å². The fraction of sp³-hybridized carbons (Fsp3) is 0.429. The average Bonchev–Trinajstić information content (AvgIpc) is 2.90. The Kier molecular flexibility index (Phi) is 4.40. The molecule has 0 radical (unpaired) electrons. The largest absolute Gasteiger partial charge is 0.337 e. The van der Waals surface area contributed by atoms with Gasteiger partial charge < -0.3 is 10.3 Å². The number of hydrogen-bond acceptors (Lipinski definition) is 4. The van der Waals surface area contributed by atoms with Crippen LogP contribution in [0.2, 0.25) is 0 Å². The summed E-state index contributed by atoms with van der Waals surface area (Å²) >= 11 is 0. The molecule has 20 heavy (non-hydrogen) atoms. The Morgan fingerprint density at radius 2 is 1.95 bits per heavy atom. The third-order valence-corrected chi connectivity index (χ3v) is 3.68. The molecule has 1 aliphatic carbocycles. The number of hydrogen-bond donors (Lipinski definition) is 1. The van der Waals surface area contributed by atoms with E-state index in [1.54, 1.807) is 12.1 Å². The highest BCUT2D eigenvalue weighted by molar-refractivity contribution is 5.85. The van der Waals surface area contributed by atoms with Gasteiger partial charge in [-0.05, 0) is 25.0 Å². The van der Waals surface area contributed by atoms with Gasteiger partial charge >= 0.3 is 0 Å². The first-order valence-corrected chi connectivity index (χ1v) is 6.56. The van der Waals surface area contributed by atoms with Gasteiger partial charge in [0.05, 0.1) is 5.54 Å². The van der Waals surface area contributed by atoms with Gasteiger partial charge in [-0.15, -0.1) is 12.4 Å². The van der Waals surface area contributed by atoms with Crippen LogP contribution in [0.4, 0.5) is 4.39 Å². The molecule has 4 nitrogen and oxygen atoms in total. The highest BCUT2D eigenvalue weighted by Gasteiger charge is 2.35. The minimum Gasteiger partial charge on any atom is -0.337 e. The van der Waals surface area contributed by atoms with Gasteiger partial charge in [0, 0.05) is 5.56 Å². The van der Waals surface area contributed by atoms with E-state index in [0.29, 0.717) is 17.3 Å². The van der Waals surface area contributed by atoms with Crippen LogP contribution in [0.15, 0.2) is 28.8 Å². The standard InChI is InChI=1S/C14H16FN3O.ClH/c15-11-6-4-5-10(9-11)12-17-13(19-18-12)14(16)7-2-1-3-8-14;/h4-6,9H,1-3,7-8,16H2;1H. The minimum absolute atomic E-state index is 0. The lowest BCUT2D eigenvalue weighted by Gasteiger charge is -2.29. The van der Waals surface area contributed by atoms with Gasteiger partial charge in [0.15, 0.2) is 0 Å². The second-order valence-corrected chi connectivity index (χ2v) is 5.15. The molecule has 1 fully saturated rings. The maximum atomic E-state index is 13.2. The van der Waals surface area contributed by atoms with E-state index < -0.39 is 5.54 Å². The van der Waals surface area contributed by atoms with Crippen molar-refractivity contribution in [1.82, 2.24) is 10.1 Å². The smallest absolute Gasteiger partial charge is 0.247 e. The van der Waals surface area contributed by atoms with Crippen LogP contribution in [-0.4, -0.2) is 10.1 Å². The van der Waals surface area contributed by atoms with Gasteiger partial charge in [-0.3, -0.25) is 0 Å². The molecule has 1 aromatic carbocycles. The monoisotopic (exact) mass is 297 g/mol. The van der Waals surface area contributed by atoms with Crippen LogP contribution in [0.25, 0.3) is 11.4 Å². The molecule has 0 aliphatic heterocycles. The van der Waals surface area contributed by atoms with Crippen molar-refractivity contribution in [2.45, 2.75) is 37.6 Å². The van der Waals surface area contributed by atoms with E-state index in [1.807, 2.05) is 0 Å². The molecule has 0 unspecified atom stereocenters. The lowest BCUT2D eigenvalue weighted by Crippen LogP contribution is -2.38. The Labute approximate surface area is 123 Å². The Bertz CT molecular complexity index is 581. The van der Waals surface area contributed by atoms with Gasteiger partial charge in [0.1, 0.15) is 5.82 Å². The molecule has 2 N–H and O–H groups in total. The van der Waals surface area contributed by atoms with E-state index in [-0.39, 0.29) is 18.2 Å². The number of nitrogens with zero attached hydrogens (tertiary/aromatic N) is 2. The fourth-order valence-corrected chi connectivity index (χ4v) is 2.57. The zero-order chi connectivity index (χ0) is 13.3. The topological polar surface area (TPSA) is 64.9 Å². The summed E-state index contributed by atoms with van der Waals surface area (Å²) in [4.78, 5) is 4.35. The molecule has 2 aromatic rings. The molecule has 0 spiro atoms. The second-order valence-electron chi connectivity index (χ2n) is 5.15. The van der Waals surface area contributed by atoms with Crippen LogP contribution in [0.1, 0.15) is 38.0 Å². The summed E-state index contributed by atoms with van der Waals surface area (Å²) in [6.07, 6.45) is 5.07. The van der Waals surface area contributed by atoms with Crippen LogP contribution in [0, 0.1) is 5.82 Å². The van der Waals surface area contributed by atoms with Crippen LogP contribution < -0.4 is 5.73 Å². The van der Waals surface area contributed by atoms with Gasteiger partial charge in [-0.1, -0.05) is 36.6 Å². The molecule has 1 heterocycles. The number of nitrogens with two attached hydrogens (primary N) is 1. The lowest BCUT2D eigenvalue weighted by molar-refractivity contribution is 0.220. The quantitative estimate of drug-likeness (QED) is 0.922. The maximum Gasteiger partial charge on any atom is 0.247 e. The fourth-order valence-electron chi connectivity index (χ4n) is 2.57. The van der Waals surface area contributed by atoms with E-state index in [1.165, 1.54) is 18.6 Å². The first kappa shape index (κ1) is 14.9. The van der Waals surface area contributed by atoms with Crippen molar-refractivity contribution in [3.8, 4) is 11.4 Å². The normalized spacial score (nSPS) is 17.5. The van der Waals surface area contributed by atoms with Crippen molar-refractivity contribution < 1.29 is 8.91 Å². The molecular formula is C14H17ClFN3O. The summed E-state index contributed by atoms with van der Waals surface area (Å²) in [5.74, 6) is 0.542. The predicted molar refractivity (Wildman–Crippen MR) is 75.9 cm³/mol. The number of aromatic nitrogens is 2. The number of rotatable bonds is 2. The molecule has 0 bridgehead atoms. The minimum atomic E-state index is -0.517. The summed E-state index contributed by atoms with van der Waals surface area (Å²) in [7, 11) is 0. The zero-order valence-corrected chi connectivity index (χ0v) is 11.8. The SMILES string of the molecule is Cl.NC1(c2nc(-c3cccc(F)c3)no2)CCCCC1. The summed E-state index contributed by atoms with van der Waals surface area (Å²) in [5, 5.41) is 3.92. The molecule has 1 aliphatic rings. The Morgan fingerprint density at radius 1 is 1.20 bits per heavy atom. The Balaban J connectivity index is 0.00000147. The van der Waals surface area contributed by atoms with Crippen LogP contribution >= 0.6 is 12.4 Å². The molecule has 108 valence electrons. The highest BCUT2D eigenvalue weighted by atomic mass is 35.5. The second kappa shape index (κ2) is 5.89. The van der Waals surface area contributed by atoms with Crippen molar-refractivity contribution in [2.24, 2.45) is 5.73 Å². The van der Waals surface area contributed by atoms with Crippen molar-refractivity contribution in [2.75, 3.05) is 0 Å². The Morgan fingerprint density at radius 3 is 2.65 bits per heavy atom. The number of benzene rings is 1. The molecule has 0 atom stereocenters. The van der Waals surface area contributed by atoms with Gasteiger partial charge in [0.2, 0.25) is 11.7 Å². The predicted octanol–water partition coefficient (Wildman–Crippen LogP) is 3.42. The maximum absolute atomic E-state index is 13.2. The van der Waals surface area contributed by atoms with Crippen LogP contribution in [0.3, 0.4) is 0 Å². The molecule has 1 saturated carbocycles. The summed E-state index contributed by atoms with van der Waals surface area (Å²) in [6, 6.07) is 6.15. The third-order valence-electron chi connectivity index (χ3n) is 3.68. The van der Waals surface area contributed by atoms with Crippen LogP contribution in [0.5, 0.6) is 0 Å². The van der Waals surface area contributed by atoms with Crippen molar-refractivity contribution >= 4 is 12.4 Å². The third kappa shape index (κ3) is 2.83. The van der Waals surface area contributed by atoms with Gasteiger partial charge in [0.25, 0.3) is 0 Å². The Hall–Kier alpha value is -1.46. The van der Waals surface area contributed by atoms with E-state index in [2.05, 4.69) is 10.1 Å². The first-order valence-electron chi connectivity index (χ1n) is 6.56. The lowest BCUT2D eigenvalue weighted by atomic mass is 9.82. The van der Waals surface area contributed by atoms with Crippen molar-refractivity contribution in [3.05, 3.63) is 36.0 Å². The number of halogens is 2. The summed E-state index contributed by atoms with van der Waals surface area (Å²) < 4.78 is 18.5. The zero-order valence-electron chi connectivity index (χ0n) is 11.0. The molecule has 0 saturated heterocycles. The van der Waals surface area contributed by atoms with Crippen LogP contribution in [-0.2, 0) is 5.54 Å². The van der Waals surface area contributed by atoms with E-state index in [0.717, 1.165) is 25.7 Å². The van der Waals surface area contributed by atoms with E-state index >= 15 is 0 Å². The van der Waals surface area contributed by atoms with Gasteiger partial charge in [-0.2, -0.15) is 4.98 Å². The highest BCUT2D eigenvalue weighted by Crippen LogP contribution is 2.34. The molecule has 6 heteroatoms. The molecule has 3 rings (SSSR count). The summed E-state index contributed by atoms with van der Waals surface area (Å²) in [6.45, 7) is 0. The van der Waals surface area contributed by atoms with Gasteiger partial charge in [-0.25, -0.2) is 4.39 Å². The molecule has 1 aromatic heterocycles. The van der Waals surface area contributed by atoms with Crippen molar-refractivity contribution in [1.29, 1.82) is 0 Å². The average molecular weight is 298 g/mol. The summed E-state index contributed by atoms with van der Waals surface area (Å²) in [5.41, 5.74) is 6.42. The molecule has 0 amide bonds. The molecular weight excluding hydrogens is 281 g/mol.